The number of benzene rings is 2. The highest BCUT2D eigenvalue weighted by Gasteiger charge is 2.16. The van der Waals surface area contributed by atoms with Gasteiger partial charge in [-0.2, -0.15) is 5.26 Å². The van der Waals surface area contributed by atoms with Gasteiger partial charge in [-0.1, -0.05) is 18.2 Å². The Kier molecular flexibility index (Phi) is 7.11. The van der Waals surface area contributed by atoms with Crippen LogP contribution in [0.3, 0.4) is 0 Å². The van der Waals surface area contributed by atoms with Crippen LogP contribution >= 0.6 is 0 Å². The Morgan fingerprint density at radius 3 is 2.64 bits per heavy atom. The van der Waals surface area contributed by atoms with Gasteiger partial charge in [0.05, 0.1) is 13.2 Å². The molecule has 1 fully saturated rings. The number of allylic oxidation sites excluding steroid dienone is 1. The van der Waals surface area contributed by atoms with Gasteiger partial charge in [-0.05, 0) is 48.2 Å². The number of sulfonamides is 1. The number of nitriles is 1. The second kappa shape index (κ2) is 10.2. The van der Waals surface area contributed by atoms with E-state index in [1.54, 1.807) is 18.2 Å². The van der Waals surface area contributed by atoms with E-state index in [9.17, 15) is 8.42 Å². The monoisotopic (exact) mass is 466 g/mol. The third-order valence-electron chi connectivity index (χ3n) is 5.55. The standard InChI is InChI=1S/C24H26N4O4S/c1-26-33(29,30)23(17-25)16-22-6-7-24(32-22)20-3-2-19-15-21(5-4-18(19)14-20)27-8-9-28-10-12-31-13-11-28/h2-7,14-16,26-27H,8-13H2,1H3/b23-16+. The summed E-state index contributed by atoms with van der Waals surface area (Å²) in [6.45, 7) is 5.44. The molecule has 0 radical (unpaired) electrons. The van der Waals surface area contributed by atoms with Gasteiger partial charge in [0, 0.05) is 43.5 Å². The van der Waals surface area contributed by atoms with Crippen molar-refractivity contribution in [2.24, 2.45) is 0 Å². The second-order valence-corrected chi connectivity index (χ2v) is 9.54. The summed E-state index contributed by atoms with van der Waals surface area (Å²) < 4.78 is 37.0. The number of nitrogens with one attached hydrogen (secondary N) is 2. The molecule has 8 nitrogen and oxygen atoms in total. The summed E-state index contributed by atoms with van der Waals surface area (Å²) in [5.74, 6) is 0.885. The van der Waals surface area contributed by atoms with Crippen LogP contribution in [-0.2, 0) is 14.8 Å². The quantitative estimate of drug-likeness (QED) is 0.491. The van der Waals surface area contributed by atoms with E-state index < -0.39 is 14.9 Å². The van der Waals surface area contributed by atoms with E-state index in [0.717, 1.165) is 61.4 Å². The maximum Gasteiger partial charge on any atom is 0.250 e. The number of nitrogens with zero attached hydrogens (tertiary/aromatic N) is 2. The summed E-state index contributed by atoms with van der Waals surface area (Å²) in [6.07, 6.45) is 1.21. The maximum atomic E-state index is 11.9. The first-order chi connectivity index (χ1) is 16.0. The molecule has 1 aliphatic heterocycles. The van der Waals surface area contributed by atoms with Crippen LogP contribution in [0.4, 0.5) is 5.69 Å². The Hall–Kier alpha value is -3.16. The lowest BCUT2D eigenvalue weighted by Crippen LogP contribution is -2.38. The zero-order chi connectivity index (χ0) is 23.3. The van der Waals surface area contributed by atoms with Crippen molar-refractivity contribution in [2.45, 2.75) is 0 Å². The molecule has 1 saturated heterocycles. The number of rotatable bonds is 8. The molecular formula is C24H26N4O4S. The van der Waals surface area contributed by atoms with Crippen LogP contribution in [0.5, 0.6) is 0 Å². The van der Waals surface area contributed by atoms with Crippen LogP contribution in [0.25, 0.3) is 28.2 Å². The first-order valence-corrected chi connectivity index (χ1v) is 12.2. The number of hydrogen-bond donors (Lipinski definition) is 2. The minimum atomic E-state index is -3.83. The van der Waals surface area contributed by atoms with Crippen molar-refractivity contribution < 1.29 is 17.6 Å². The molecule has 172 valence electrons. The molecule has 4 rings (SSSR count). The number of morpholine rings is 1. The van der Waals surface area contributed by atoms with Gasteiger partial charge in [0.2, 0.25) is 0 Å². The van der Waals surface area contributed by atoms with Crippen LogP contribution in [-0.4, -0.2) is 59.8 Å². The summed E-state index contributed by atoms with van der Waals surface area (Å²) in [5.41, 5.74) is 1.94. The molecule has 9 heteroatoms. The molecule has 1 aromatic heterocycles. The third-order valence-corrected chi connectivity index (χ3v) is 6.88. The van der Waals surface area contributed by atoms with Crippen molar-refractivity contribution in [1.82, 2.24) is 9.62 Å². The molecule has 1 aliphatic rings. The third kappa shape index (κ3) is 5.61. The van der Waals surface area contributed by atoms with Crippen LogP contribution in [0.1, 0.15) is 5.76 Å². The Balaban J connectivity index is 1.46. The molecule has 2 aromatic carbocycles. The van der Waals surface area contributed by atoms with E-state index in [-0.39, 0.29) is 0 Å². The van der Waals surface area contributed by atoms with Gasteiger partial charge < -0.3 is 14.5 Å². The molecule has 0 aliphatic carbocycles. The molecule has 2 heterocycles. The summed E-state index contributed by atoms with van der Waals surface area (Å²) in [6, 6.07) is 17.3. The summed E-state index contributed by atoms with van der Waals surface area (Å²) in [4.78, 5) is 1.99. The van der Waals surface area contributed by atoms with Gasteiger partial charge in [0.25, 0.3) is 10.0 Å². The van der Waals surface area contributed by atoms with E-state index in [1.165, 1.54) is 13.1 Å². The number of hydrogen-bond acceptors (Lipinski definition) is 7. The zero-order valence-electron chi connectivity index (χ0n) is 18.4. The van der Waals surface area contributed by atoms with Crippen molar-refractivity contribution in [3.63, 3.8) is 0 Å². The van der Waals surface area contributed by atoms with E-state index in [1.807, 2.05) is 18.2 Å². The van der Waals surface area contributed by atoms with Crippen molar-refractivity contribution in [2.75, 3.05) is 51.8 Å². The van der Waals surface area contributed by atoms with Gasteiger partial charge in [0.1, 0.15) is 17.6 Å². The van der Waals surface area contributed by atoms with Crippen LogP contribution < -0.4 is 10.0 Å². The lowest BCUT2D eigenvalue weighted by molar-refractivity contribution is 0.0398. The predicted molar refractivity (Wildman–Crippen MR) is 129 cm³/mol. The summed E-state index contributed by atoms with van der Waals surface area (Å²) >= 11 is 0. The van der Waals surface area contributed by atoms with Gasteiger partial charge in [-0.3, -0.25) is 4.90 Å². The SMILES string of the molecule is CNS(=O)(=O)/C(C#N)=C/c1ccc(-c2ccc3cc(NCCN4CCOCC4)ccc3c2)o1. The average Bonchev–Trinajstić information content (AvgIpc) is 3.31. The summed E-state index contributed by atoms with van der Waals surface area (Å²) in [7, 11) is -2.58. The molecular weight excluding hydrogens is 440 g/mol. The van der Waals surface area contributed by atoms with Crippen LogP contribution in [0, 0.1) is 11.3 Å². The zero-order valence-corrected chi connectivity index (χ0v) is 19.2. The van der Waals surface area contributed by atoms with E-state index >= 15 is 0 Å². The average molecular weight is 467 g/mol. The minimum Gasteiger partial charge on any atom is -0.457 e. The number of furan rings is 1. The fourth-order valence-electron chi connectivity index (χ4n) is 3.69. The Morgan fingerprint density at radius 1 is 1.12 bits per heavy atom. The molecule has 0 unspecified atom stereocenters. The van der Waals surface area contributed by atoms with Crippen molar-refractivity contribution in [3.05, 3.63) is 59.2 Å². The number of fused-ring (bicyclic) bond motifs is 1. The molecule has 0 bridgehead atoms. The lowest BCUT2D eigenvalue weighted by Gasteiger charge is -2.26. The number of ether oxygens (including phenoxy) is 1. The number of anilines is 1. The van der Waals surface area contributed by atoms with Gasteiger partial charge in [-0.25, -0.2) is 13.1 Å². The molecule has 33 heavy (non-hydrogen) atoms. The second-order valence-electron chi connectivity index (χ2n) is 7.69. The summed E-state index contributed by atoms with van der Waals surface area (Å²) in [5, 5.41) is 14.8. The van der Waals surface area contributed by atoms with Crippen molar-refractivity contribution in [1.29, 1.82) is 5.26 Å². The van der Waals surface area contributed by atoms with E-state index in [0.29, 0.717) is 11.5 Å². The predicted octanol–water partition coefficient (Wildman–Crippen LogP) is 3.26. The molecule has 0 amide bonds. The Labute approximate surface area is 193 Å². The Morgan fingerprint density at radius 2 is 1.88 bits per heavy atom. The van der Waals surface area contributed by atoms with Crippen LogP contribution in [0.2, 0.25) is 0 Å². The van der Waals surface area contributed by atoms with Gasteiger partial charge >= 0.3 is 0 Å². The molecule has 0 spiro atoms. The minimum absolute atomic E-state index is 0.292. The molecule has 0 saturated carbocycles. The normalized spacial score (nSPS) is 15.5. The Bertz CT molecular complexity index is 1300. The van der Waals surface area contributed by atoms with Gasteiger partial charge in [-0.15, -0.1) is 0 Å². The lowest BCUT2D eigenvalue weighted by atomic mass is 10.0. The highest BCUT2D eigenvalue weighted by atomic mass is 32.2. The highest BCUT2D eigenvalue weighted by Crippen LogP contribution is 2.28. The smallest absolute Gasteiger partial charge is 0.250 e. The first kappa shape index (κ1) is 23.0. The molecule has 2 N–H and O–H groups in total. The van der Waals surface area contributed by atoms with Gasteiger partial charge in [0.15, 0.2) is 4.91 Å². The van der Waals surface area contributed by atoms with Crippen molar-refractivity contribution in [3.8, 4) is 17.4 Å². The molecule has 0 atom stereocenters. The first-order valence-electron chi connectivity index (χ1n) is 10.7. The van der Waals surface area contributed by atoms with Crippen molar-refractivity contribution >= 4 is 32.6 Å². The van der Waals surface area contributed by atoms with E-state index in [4.69, 9.17) is 14.4 Å². The largest absolute Gasteiger partial charge is 0.457 e. The van der Waals surface area contributed by atoms with E-state index in [2.05, 4.69) is 33.1 Å². The maximum absolute atomic E-state index is 11.9. The molecule has 3 aromatic rings. The highest BCUT2D eigenvalue weighted by molar-refractivity contribution is 7.93. The topological polar surface area (TPSA) is 108 Å². The fourth-order valence-corrected chi connectivity index (χ4v) is 4.30. The van der Waals surface area contributed by atoms with Crippen LogP contribution in [0.15, 0.2) is 57.9 Å². The fraction of sp³-hybridized carbons (Fsp3) is 0.292.